The molecule has 5 saturated carbocycles. The highest BCUT2D eigenvalue weighted by Gasteiger charge is 2.35. The second-order valence-corrected chi connectivity index (χ2v) is 46.2. The largest absolute Gasteiger partial charge is 0.269 e. The van der Waals surface area contributed by atoms with Crippen molar-refractivity contribution in [3.63, 3.8) is 0 Å². The zero-order chi connectivity index (χ0) is 91.0. The van der Waals surface area contributed by atoms with E-state index in [-0.39, 0.29) is 23.5 Å². The van der Waals surface area contributed by atoms with Crippen LogP contribution in [0.2, 0.25) is 0 Å². The van der Waals surface area contributed by atoms with Crippen molar-refractivity contribution in [1.29, 1.82) is 0 Å². The Morgan fingerprint density at radius 2 is 0.311 bits per heavy atom. The van der Waals surface area contributed by atoms with Gasteiger partial charge in [0, 0.05) is 24.5 Å². The average molecular weight is 1950 g/mol. The Hall–Kier alpha value is -4.45. The van der Waals surface area contributed by atoms with Crippen LogP contribution >= 0.6 is 63.1 Å². The van der Waals surface area contributed by atoms with Gasteiger partial charge in [0.2, 0.25) is 0 Å². The van der Waals surface area contributed by atoms with Crippen LogP contribution < -0.4 is 0 Å². The van der Waals surface area contributed by atoms with Crippen molar-refractivity contribution in [2.75, 3.05) is 0 Å². The molecule has 15 rings (SSSR count). The lowest BCUT2D eigenvalue weighted by atomic mass is 9.70. The summed E-state index contributed by atoms with van der Waals surface area (Å²) in [4.78, 5) is 4.75. The topological polar surface area (TPSA) is 0 Å². The van der Waals surface area contributed by atoms with Crippen LogP contribution in [0.4, 0.5) is 23.5 Å². The number of unbranched alkanes of at least 4 members (excludes halogenated alkanes) is 20. The minimum Gasteiger partial charge on any atom is -0.269 e. The third-order valence-corrected chi connectivity index (χ3v) is 36.1. The molecule has 5 unspecified atom stereocenters. The molecule has 0 aromatic heterocycles. The molecule has 10 heteroatoms. The molecule has 10 aliphatic carbocycles. The highest BCUT2D eigenvalue weighted by Crippen LogP contribution is 2.49. The van der Waals surface area contributed by atoms with Crippen molar-refractivity contribution < 1.29 is 23.5 Å². The standard InChI is InChI=1S/5C25H37S.5FH/c5*1-2-3-4-5-6-7-20-8-10-21(11-9-20)22-12-14-23(15-13-22)24-16-18-25(26)19-17-24;;;;;/h5*14,16-22H,2-13,15H2,1H3;5*1H/t5*20-,21-,22?;;;;;. The van der Waals surface area contributed by atoms with Gasteiger partial charge in [0.1, 0.15) is 0 Å². The Morgan fingerprint density at radius 1 is 0.170 bits per heavy atom. The summed E-state index contributed by atoms with van der Waals surface area (Å²) in [6.07, 6.45) is 106. The number of benzene rings is 5. The van der Waals surface area contributed by atoms with Crippen LogP contribution in [0.5, 0.6) is 0 Å². The summed E-state index contributed by atoms with van der Waals surface area (Å²) >= 11 is 26.1. The summed E-state index contributed by atoms with van der Waals surface area (Å²) in [5, 5.41) is 0. The van der Waals surface area contributed by atoms with Crippen molar-refractivity contribution in [2.45, 2.75) is 476 Å². The molecule has 0 N–H and O–H groups in total. The number of halogens is 5. The first-order valence-corrected chi connectivity index (χ1v) is 58.2. The predicted octanol–water partition coefficient (Wildman–Crippen LogP) is 43.7. The fraction of sp³-hybridized carbons (Fsp3) is 0.680. The minimum absolute atomic E-state index is 0. The second-order valence-electron chi connectivity index (χ2n) is 43.9. The molecule has 5 radical (unpaired) electrons. The van der Waals surface area contributed by atoms with Crippen molar-refractivity contribution in [2.24, 2.45) is 88.8 Å². The fourth-order valence-electron chi connectivity index (χ4n) is 26.0. The molecule has 0 nitrogen and oxygen atoms in total. The number of allylic oxidation sites excluding steroid dienone is 10. The molecule has 0 bridgehead atoms. The minimum atomic E-state index is 0. The van der Waals surface area contributed by atoms with E-state index in [0.717, 1.165) is 113 Å². The lowest BCUT2D eigenvalue weighted by Gasteiger charge is -2.35. The maximum Gasteiger partial charge on any atom is 0.0377 e. The molecule has 0 amide bonds. The van der Waals surface area contributed by atoms with Crippen molar-refractivity contribution in [1.82, 2.24) is 0 Å². The molecule has 5 atom stereocenters. The summed E-state index contributed by atoms with van der Waals surface area (Å²) < 4.78 is 0. The van der Waals surface area contributed by atoms with Gasteiger partial charge in [-0.1, -0.05) is 446 Å². The van der Waals surface area contributed by atoms with Crippen LogP contribution in [-0.4, -0.2) is 0 Å². The van der Waals surface area contributed by atoms with Gasteiger partial charge in [0.15, 0.2) is 0 Å². The molecular weight excluding hydrogens is 1760 g/mol. The summed E-state index contributed by atoms with van der Waals surface area (Å²) in [6, 6.07) is 42.8. The highest BCUT2D eigenvalue weighted by molar-refractivity contribution is 7.81. The quantitative estimate of drug-likeness (QED) is 0.0271. The van der Waals surface area contributed by atoms with E-state index in [1.807, 2.05) is 0 Å². The Bertz CT molecular complexity index is 3370. The Balaban J connectivity index is 0.000000257. The van der Waals surface area contributed by atoms with Crippen LogP contribution in [0.15, 0.2) is 176 Å². The summed E-state index contributed by atoms with van der Waals surface area (Å²) in [7, 11) is 0. The van der Waals surface area contributed by atoms with Crippen LogP contribution in [0.1, 0.15) is 480 Å². The lowest BCUT2D eigenvalue weighted by Crippen LogP contribution is -2.23. The molecule has 10 aliphatic rings. The zero-order valence-corrected chi connectivity index (χ0v) is 89.7. The first kappa shape index (κ1) is 119. The molecule has 755 valence electrons. The molecule has 5 fully saturated rings. The Kier molecular flexibility index (Phi) is 61.4. The van der Waals surface area contributed by atoms with Gasteiger partial charge < -0.3 is 0 Å². The second kappa shape index (κ2) is 69.5. The molecule has 0 aliphatic heterocycles. The van der Waals surface area contributed by atoms with E-state index in [1.54, 1.807) is 27.9 Å². The van der Waals surface area contributed by atoms with Crippen molar-refractivity contribution >= 4 is 91.0 Å². The molecular formula is C125H190F5S5. The van der Waals surface area contributed by atoms with E-state index in [4.69, 9.17) is 63.1 Å². The summed E-state index contributed by atoms with van der Waals surface area (Å²) in [5.41, 5.74) is 14.7. The van der Waals surface area contributed by atoms with Gasteiger partial charge in [-0.15, -0.1) is 0 Å². The monoisotopic (exact) mass is 1950 g/mol. The van der Waals surface area contributed by atoms with Crippen LogP contribution in [0.3, 0.4) is 0 Å². The highest BCUT2D eigenvalue weighted by atomic mass is 32.1. The summed E-state index contributed by atoms with van der Waals surface area (Å²) in [5.74, 6) is 14.9. The van der Waals surface area contributed by atoms with Gasteiger partial charge in [0.25, 0.3) is 0 Å². The van der Waals surface area contributed by atoms with Crippen molar-refractivity contribution in [3.8, 4) is 0 Å². The van der Waals surface area contributed by atoms with Gasteiger partial charge in [-0.05, 0) is 366 Å². The molecule has 5 aromatic rings. The van der Waals surface area contributed by atoms with Crippen LogP contribution in [-0.2, 0) is 0 Å². The molecule has 0 heterocycles. The van der Waals surface area contributed by atoms with E-state index in [2.05, 4.69) is 186 Å². The van der Waals surface area contributed by atoms with Gasteiger partial charge in [-0.25, -0.2) is 0 Å². The zero-order valence-electron chi connectivity index (χ0n) is 85.6. The fourth-order valence-corrected chi connectivity index (χ4v) is 26.7. The predicted molar refractivity (Wildman–Crippen MR) is 595 cm³/mol. The SMILES string of the molecule is CCCCCCC[C@H]1CC[C@H](C2CC=C(c3ccc([S])cc3)CC2)CC1.CCCCCCC[C@H]1CC[C@H](C2CC=C(c3ccc([S])cc3)CC2)CC1.CCCCCCC[C@H]1CC[C@H](C2CC=C(c3ccc([S])cc3)CC2)CC1.CCCCCCC[C@H]1CC[C@H](C2CC=C(c3ccc([S])cc3)CC2)CC1.CCCCCCC[C@H]1CC[C@H](C2CC=C(c3ccc([S])cc3)CC2)CC1.F.F.F.F.F. The average Bonchev–Trinajstić information content (AvgIpc) is 0.850. The smallest absolute Gasteiger partial charge is 0.0377 e. The van der Waals surface area contributed by atoms with E-state index in [0.29, 0.717) is 0 Å². The Labute approximate surface area is 852 Å². The first-order valence-electron chi connectivity index (χ1n) is 56.1. The molecule has 5 aromatic carbocycles. The van der Waals surface area contributed by atoms with Gasteiger partial charge in [0.05, 0.1) is 0 Å². The van der Waals surface area contributed by atoms with Crippen LogP contribution in [0, 0.1) is 88.8 Å². The third-order valence-electron chi connectivity index (χ3n) is 34.8. The van der Waals surface area contributed by atoms with Crippen LogP contribution in [0.25, 0.3) is 27.9 Å². The third kappa shape index (κ3) is 43.3. The van der Waals surface area contributed by atoms with Gasteiger partial charge >= 0.3 is 0 Å². The number of hydrogen-bond donors (Lipinski definition) is 0. The summed E-state index contributed by atoms with van der Waals surface area (Å²) in [6.45, 7) is 11.5. The number of hydrogen-bond acceptors (Lipinski definition) is 0. The van der Waals surface area contributed by atoms with Gasteiger partial charge in [-0.2, -0.15) is 0 Å². The molecule has 135 heavy (non-hydrogen) atoms. The maximum absolute atomic E-state index is 5.21. The van der Waals surface area contributed by atoms with E-state index in [9.17, 15) is 0 Å². The normalized spacial score (nSPS) is 25.5. The first-order chi connectivity index (χ1) is 63.8. The van der Waals surface area contributed by atoms with E-state index >= 15 is 0 Å². The van der Waals surface area contributed by atoms with Gasteiger partial charge in [-0.3, -0.25) is 23.5 Å². The molecule has 0 spiro atoms. The van der Waals surface area contributed by atoms with Crippen molar-refractivity contribution in [3.05, 3.63) is 180 Å². The lowest BCUT2D eigenvalue weighted by molar-refractivity contribution is 0.187. The number of rotatable bonds is 40. The maximum atomic E-state index is 5.21. The van der Waals surface area contributed by atoms with E-state index < -0.39 is 0 Å². The molecule has 0 saturated heterocycles. The Morgan fingerprint density at radius 3 is 0.437 bits per heavy atom. The van der Waals surface area contributed by atoms with E-state index in [1.165, 1.54) is 445 Å².